The zero-order valence-corrected chi connectivity index (χ0v) is 13.0. The number of ether oxygens (including phenoxy) is 2. The summed E-state index contributed by atoms with van der Waals surface area (Å²) in [6.45, 7) is 8.57. The molecule has 0 spiro atoms. The lowest BCUT2D eigenvalue weighted by Gasteiger charge is -2.14. The van der Waals surface area contributed by atoms with E-state index in [4.69, 9.17) is 9.47 Å². The molecular weight excluding hydrogens is 270 g/mol. The summed E-state index contributed by atoms with van der Waals surface area (Å²) in [6, 6.07) is 6.63. The quantitative estimate of drug-likeness (QED) is 0.784. The van der Waals surface area contributed by atoms with Crippen LogP contribution in [0.1, 0.15) is 38.1 Å². The highest BCUT2D eigenvalue weighted by molar-refractivity contribution is 5.92. The Labute approximate surface area is 125 Å². The summed E-state index contributed by atoms with van der Waals surface area (Å²) in [7, 11) is 0. The van der Waals surface area contributed by atoms with Gasteiger partial charge >= 0.3 is 5.97 Å². The van der Waals surface area contributed by atoms with E-state index in [-0.39, 0.29) is 5.91 Å². The molecule has 0 aliphatic rings. The highest BCUT2D eigenvalue weighted by Crippen LogP contribution is 2.13. The molecule has 0 aromatic heterocycles. The predicted octanol–water partition coefficient (Wildman–Crippen LogP) is 2.40. The molecule has 1 aromatic rings. The second kappa shape index (κ2) is 8.29. The lowest BCUT2D eigenvalue weighted by atomic mass is 10.2. The van der Waals surface area contributed by atoms with E-state index in [0.717, 1.165) is 0 Å². The SMILES string of the molecule is CCOc1ccc(C(=O)OC(C)C(=O)NCC(C)C)cc1. The summed E-state index contributed by atoms with van der Waals surface area (Å²) in [4.78, 5) is 23.7. The van der Waals surface area contributed by atoms with Gasteiger partial charge in [0.05, 0.1) is 12.2 Å². The van der Waals surface area contributed by atoms with E-state index < -0.39 is 12.1 Å². The van der Waals surface area contributed by atoms with Crippen molar-refractivity contribution in [1.82, 2.24) is 5.32 Å². The number of nitrogens with one attached hydrogen (secondary N) is 1. The zero-order chi connectivity index (χ0) is 15.8. The topological polar surface area (TPSA) is 64.6 Å². The van der Waals surface area contributed by atoms with Crippen LogP contribution in [0.5, 0.6) is 5.75 Å². The maximum Gasteiger partial charge on any atom is 0.338 e. The van der Waals surface area contributed by atoms with E-state index in [0.29, 0.717) is 30.4 Å². The Morgan fingerprint density at radius 3 is 2.29 bits per heavy atom. The molecule has 0 saturated carbocycles. The molecule has 5 nitrogen and oxygen atoms in total. The Balaban J connectivity index is 2.53. The van der Waals surface area contributed by atoms with Crippen molar-refractivity contribution >= 4 is 11.9 Å². The molecule has 5 heteroatoms. The molecule has 1 amide bonds. The van der Waals surface area contributed by atoms with Gasteiger partial charge in [0.25, 0.3) is 5.91 Å². The molecule has 0 heterocycles. The minimum Gasteiger partial charge on any atom is -0.494 e. The first-order valence-electron chi connectivity index (χ1n) is 7.15. The van der Waals surface area contributed by atoms with Gasteiger partial charge in [-0.05, 0) is 44.0 Å². The molecule has 0 saturated heterocycles. The van der Waals surface area contributed by atoms with Gasteiger partial charge in [-0.15, -0.1) is 0 Å². The number of hydrogen-bond acceptors (Lipinski definition) is 4. The predicted molar refractivity (Wildman–Crippen MR) is 80.3 cm³/mol. The number of esters is 1. The summed E-state index contributed by atoms with van der Waals surface area (Å²) < 4.78 is 10.4. The summed E-state index contributed by atoms with van der Waals surface area (Å²) in [5.41, 5.74) is 0.391. The molecular formula is C16H23NO4. The van der Waals surface area contributed by atoms with Crippen molar-refractivity contribution in [3.8, 4) is 5.75 Å². The van der Waals surface area contributed by atoms with Crippen LogP contribution < -0.4 is 10.1 Å². The average molecular weight is 293 g/mol. The summed E-state index contributed by atoms with van der Waals surface area (Å²) in [6.07, 6.45) is -0.817. The fraction of sp³-hybridized carbons (Fsp3) is 0.500. The van der Waals surface area contributed by atoms with Gasteiger partial charge in [0, 0.05) is 6.54 Å². The number of carbonyl (C=O) groups is 2. The summed E-state index contributed by atoms with van der Waals surface area (Å²) >= 11 is 0. The van der Waals surface area contributed by atoms with Crippen LogP contribution in [0.4, 0.5) is 0 Å². The molecule has 0 aliphatic heterocycles. The van der Waals surface area contributed by atoms with Crippen molar-refractivity contribution in [2.75, 3.05) is 13.2 Å². The number of benzene rings is 1. The fourth-order valence-electron chi connectivity index (χ4n) is 1.58. The molecule has 1 rings (SSSR count). The molecule has 1 unspecified atom stereocenters. The molecule has 1 aromatic carbocycles. The Morgan fingerprint density at radius 2 is 1.76 bits per heavy atom. The minimum absolute atomic E-state index is 0.289. The first-order chi connectivity index (χ1) is 9.93. The maximum atomic E-state index is 11.9. The molecule has 1 atom stereocenters. The second-order valence-corrected chi connectivity index (χ2v) is 5.14. The average Bonchev–Trinajstić information content (AvgIpc) is 2.45. The van der Waals surface area contributed by atoms with Crippen LogP contribution in [-0.4, -0.2) is 31.1 Å². The molecule has 21 heavy (non-hydrogen) atoms. The van der Waals surface area contributed by atoms with Crippen LogP contribution in [0.15, 0.2) is 24.3 Å². The first kappa shape index (κ1) is 17.0. The van der Waals surface area contributed by atoms with E-state index in [1.807, 2.05) is 20.8 Å². The van der Waals surface area contributed by atoms with Crippen molar-refractivity contribution < 1.29 is 19.1 Å². The monoisotopic (exact) mass is 293 g/mol. The van der Waals surface area contributed by atoms with Crippen LogP contribution in [0.25, 0.3) is 0 Å². The maximum absolute atomic E-state index is 11.9. The molecule has 116 valence electrons. The Morgan fingerprint density at radius 1 is 1.14 bits per heavy atom. The standard InChI is InChI=1S/C16H23NO4/c1-5-20-14-8-6-13(7-9-14)16(19)21-12(4)15(18)17-10-11(2)3/h6-9,11-12H,5,10H2,1-4H3,(H,17,18). The van der Waals surface area contributed by atoms with Crippen LogP contribution in [0.2, 0.25) is 0 Å². The normalized spacial score (nSPS) is 11.9. The highest BCUT2D eigenvalue weighted by Gasteiger charge is 2.18. The van der Waals surface area contributed by atoms with Crippen molar-refractivity contribution in [1.29, 1.82) is 0 Å². The van der Waals surface area contributed by atoms with Crippen LogP contribution in [-0.2, 0) is 9.53 Å². The van der Waals surface area contributed by atoms with Crippen LogP contribution in [0.3, 0.4) is 0 Å². The lowest BCUT2D eigenvalue weighted by molar-refractivity contribution is -0.129. The number of amides is 1. The van der Waals surface area contributed by atoms with Crippen molar-refractivity contribution in [3.63, 3.8) is 0 Å². The third-order valence-corrected chi connectivity index (χ3v) is 2.74. The van der Waals surface area contributed by atoms with Crippen molar-refractivity contribution in [2.24, 2.45) is 5.92 Å². The summed E-state index contributed by atoms with van der Waals surface area (Å²) in [5.74, 6) is 0.230. The summed E-state index contributed by atoms with van der Waals surface area (Å²) in [5, 5.41) is 2.73. The molecule has 0 radical (unpaired) electrons. The van der Waals surface area contributed by atoms with E-state index in [2.05, 4.69) is 5.32 Å². The molecule has 0 aliphatic carbocycles. The Hall–Kier alpha value is -2.04. The van der Waals surface area contributed by atoms with Crippen molar-refractivity contribution in [2.45, 2.75) is 33.8 Å². The third-order valence-electron chi connectivity index (χ3n) is 2.74. The Kier molecular flexibility index (Phi) is 6.72. The largest absolute Gasteiger partial charge is 0.494 e. The Bertz CT molecular complexity index is 468. The van der Waals surface area contributed by atoms with Gasteiger partial charge in [0.15, 0.2) is 6.10 Å². The van der Waals surface area contributed by atoms with Gasteiger partial charge in [-0.1, -0.05) is 13.8 Å². The van der Waals surface area contributed by atoms with Crippen LogP contribution >= 0.6 is 0 Å². The van der Waals surface area contributed by atoms with Gasteiger partial charge in [-0.3, -0.25) is 4.79 Å². The lowest BCUT2D eigenvalue weighted by Crippen LogP contribution is -2.37. The van der Waals surface area contributed by atoms with Gasteiger partial charge < -0.3 is 14.8 Å². The van der Waals surface area contributed by atoms with Crippen LogP contribution in [0, 0.1) is 5.92 Å². The van der Waals surface area contributed by atoms with Gasteiger partial charge in [-0.25, -0.2) is 4.79 Å². The molecule has 1 N–H and O–H groups in total. The smallest absolute Gasteiger partial charge is 0.338 e. The minimum atomic E-state index is -0.817. The number of hydrogen-bond donors (Lipinski definition) is 1. The zero-order valence-electron chi connectivity index (χ0n) is 13.0. The highest BCUT2D eigenvalue weighted by atomic mass is 16.5. The fourth-order valence-corrected chi connectivity index (χ4v) is 1.58. The van der Waals surface area contributed by atoms with E-state index in [1.165, 1.54) is 0 Å². The molecule has 0 fully saturated rings. The molecule has 0 bridgehead atoms. The second-order valence-electron chi connectivity index (χ2n) is 5.14. The van der Waals surface area contributed by atoms with Gasteiger partial charge in [-0.2, -0.15) is 0 Å². The number of carbonyl (C=O) groups excluding carboxylic acids is 2. The van der Waals surface area contributed by atoms with Gasteiger partial charge in [0.2, 0.25) is 0 Å². The van der Waals surface area contributed by atoms with E-state index in [1.54, 1.807) is 31.2 Å². The van der Waals surface area contributed by atoms with Gasteiger partial charge in [0.1, 0.15) is 5.75 Å². The third kappa shape index (κ3) is 5.85. The van der Waals surface area contributed by atoms with Crippen molar-refractivity contribution in [3.05, 3.63) is 29.8 Å². The van der Waals surface area contributed by atoms with E-state index >= 15 is 0 Å². The number of rotatable bonds is 7. The first-order valence-corrected chi connectivity index (χ1v) is 7.15. The van der Waals surface area contributed by atoms with E-state index in [9.17, 15) is 9.59 Å².